The third-order valence-electron chi connectivity index (χ3n) is 13.1. The zero-order valence-electron chi connectivity index (χ0n) is 36.4. The molecule has 0 saturated carbocycles. The van der Waals surface area contributed by atoms with Gasteiger partial charge in [0.1, 0.15) is 30.3 Å². The summed E-state index contributed by atoms with van der Waals surface area (Å²) in [5.74, 6) is 0.975. The molecular weight excluding hydrogens is 795 g/mol. The highest BCUT2D eigenvalue weighted by Gasteiger charge is 2.43. The molecule has 8 rings (SSSR count). The van der Waals surface area contributed by atoms with Crippen LogP contribution in [0.15, 0.2) is 54.7 Å². The van der Waals surface area contributed by atoms with Gasteiger partial charge in [0.2, 0.25) is 11.8 Å². The van der Waals surface area contributed by atoms with E-state index in [1.165, 1.54) is 28.4 Å². The van der Waals surface area contributed by atoms with Crippen molar-refractivity contribution in [2.45, 2.75) is 108 Å². The third-order valence-corrected chi connectivity index (χ3v) is 13.1. The van der Waals surface area contributed by atoms with Crippen molar-refractivity contribution in [2.75, 3.05) is 28.4 Å². The van der Waals surface area contributed by atoms with Crippen LogP contribution in [0.3, 0.4) is 0 Å². The summed E-state index contributed by atoms with van der Waals surface area (Å²) < 4.78 is 27.0. The number of imidazole rings is 1. The number of amides is 4. The molecule has 2 saturated heterocycles. The Kier molecular flexibility index (Phi) is 11.9. The van der Waals surface area contributed by atoms with E-state index in [9.17, 15) is 19.2 Å². The van der Waals surface area contributed by atoms with Crippen molar-refractivity contribution in [3.8, 4) is 28.1 Å². The average Bonchev–Trinajstić information content (AvgIpc) is 4.11. The molecule has 2 fully saturated rings. The highest BCUT2D eigenvalue weighted by molar-refractivity contribution is 6.08. The molecule has 0 radical (unpaired) electrons. The smallest absolute Gasteiger partial charge is 0.407 e. The van der Waals surface area contributed by atoms with Gasteiger partial charge in [-0.05, 0) is 99.7 Å². The number of H-pyrrole nitrogens is 2. The van der Waals surface area contributed by atoms with Crippen LogP contribution < -0.4 is 15.4 Å². The highest BCUT2D eigenvalue weighted by atomic mass is 16.5. The minimum absolute atomic E-state index is 0.0448. The molecule has 3 aliphatic heterocycles. The molecule has 5 heterocycles. The standard InChI is InChI=1S/C46H55N7O9/c1-23-9-15-36(52(23)43(54)39(25(3)58-5)50-45(56)60-7)34-19-29-12-11-27-18-33-31-14-13-28(17-30(31)22-62-38(33)20-32(27)41(29)48-34)35-21-47-42(49-35)37-16-10-24(2)53(37)44(55)40(26(4)59-6)51-46(57)61-8/h11-14,17-21,23-26,36-37,39-40,48H,9-10,15-16,22H2,1-8H3,(H,47,49)(H,50,56)(H,51,57)/t23-,24-,25+,26+,36-,37-,39-,40-/m0/s1. The van der Waals surface area contributed by atoms with E-state index in [4.69, 9.17) is 28.7 Å². The number of nitrogens with one attached hydrogen (secondary N) is 4. The van der Waals surface area contributed by atoms with Crippen LogP contribution in [0.25, 0.3) is 44.1 Å². The lowest BCUT2D eigenvalue weighted by atomic mass is 9.92. The first kappa shape index (κ1) is 42.6. The van der Waals surface area contributed by atoms with Gasteiger partial charge in [0.15, 0.2) is 0 Å². The van der Waals surface area contributed by atoms with Gasteiger partial charge in [0.25, 0.3) is 0 Å². The molecule has 0 spiro atoms. The van der Waals surface area contributed by atoms with E-state index in [0.29, 0.717) is 18.9 Å². The summed E-state index contributed by atoms with van der Waals surface area (Å²) in [4.78, 5) is 68.0. The molecule has 62 heavy (non-hydrogen) atoms. The number of hydrogen-bond donors (Lipinski definition) is 4. The van der Waals surface area contributed by atoms with Crippen molar-refractivity contribution >= 4 is 45.7 Å². The second-order valence-electron chi connectivity index (χ2n) is 16.7. The fourth-order valence-electron chi connectivity index (χ4n) is 9.45. The molecule has 2 aromatic heterocycles. The van der Waals surface area contributed by atoms with Crippen molar-refractivity contribution < 1.29 is 42.9 Å². The second-order valence-corrected chi connectivity index (χ2v) is 16.7. The fraction of sp³-hybridized carbons (Fsp3) is 0.457. The SMILES string of the molecule is COC(=O)N[C@H](C(=O)N1[C@@H](C)CC[C@H]1c1cc2ccc3cc4c(cc3c2[nH]1)OCc1cc(-c2cnc([C@@H]3CC[C@H](C)N3C(=O)[C@@H](NC(=O)OC)[C@@H](C)OC)[nH]2)ccc1-4)[C@@H](C)OC. The maximum absolute atomic E-state index is 14.1. The number of aromatic amines is 2. The number of fused-ring (bicyclic) bond motifs is 6. The lowest BCUT2D eigenvalue weighted by Gasteiger charge is -2.33. The molecule has 0 bridgehead atoms. The third kappa shape index (κ3) is 7.70. The van der Waals surface area contributed by atoms with Gasteiger partial charge in [-0.1, -0.05) is 24.3 Å². The Morgan fingerprint density at radius 1 is 0.742 bits per heavy atom. The molecule has 16 nitrogen and oxygen atoms in total. The first-order chi connectivity index (χ1) is 29.8. The van der Waals surface area contributed by atoms with Crippen LogP contribution in [-0.2, 0) is 35.1 Å². The second kappa shape index (κ2) is 17.3. The number of methoxy groups -OCH3 is 4. The summed E-state index contributed by atoms with van der Waals surface area (Å²) in [6.45, 7) is 7.90. The Balaban J connectivity index is 1.04. The zero-order chi connectivity index (χ0) is 44.0. The Hall–Kier alpha value is -6.13. The number of carbonyl (C=O) groups is 4. The average molecular weight is 850 g/mol. The topological polar surface area (TPSA) is 189 Å². The van der Waals surface area contributed by atoms with Crippen LogP contribution in [0.5, 0.6) is 5.75 Å². The summed E-state index contributed by atoms with van der Waals surface area (Å²) in [5.41, 5.74) is 6.75. The summed E-state index contributed by atoms with van der Waals surface area (Å²) in [6.07, 6.45) is 2.34. The molecule has 0 aliphatic carbocycles. The number of ether oxygens (including phenoxy) is 5. The number of rotatable bonds is 11. The van der Waals surface area contributed by atoms with E-state index >= 15 is 0 Å². The number of aromatic nitrogens is 3. The van der Waals surface area contributed by atoms with Crippen LogP contribution in [0.4, 0.5) is 9.59 Å². The van der Waals surface area contributed by atoms with Gasteiger partial charge in [-0.3, -0.25) is 9.59 Å². The minimum Gasteiger partial charge on any atom is -0.488 e. The molecule has 3 aliphatic rings. The van der Waals surface area contributed by atoms with Crippen molar-refractivity contribution in [1.82, 2.24) is 35.4 Å². The number of alkyl carbamates (subject to hydrolysis) is 2. The van der Waals surface area contributed by atoms with Gasteiger partial charge in [0.05, 0.1) is 55.9 Å². The predicted molar refractivity (Wildman–Crippen MR) is 231 cm³/mol. The molecule has 328 valence electrons. The van der Waals surface area contributed by atoms with E-state index in [1.54, 1.807) is 24.9 Å². The minimum atomic E-state index is -0.927. The Morgan fingerprint density at radius 2 is 1.35 bits per heavy atom. The Labute approximate surface area is 359 Å². The summed E-state index contributed by atoms with van der Waals surface area (Å²) in [7, 11) is 5.55. The van der Waals surface area contributed by atoms with Gasteiger partial charge >= 0.3 is 12.2 Å². The van der Waals surface area contributed by atoms with Crippen molar-refractivity contribution in [1.29, 1.82) is 0 Å². The number of carbonyl (C=O) groups excluding carboxylic acids is 4. The van der Waals surface area contributed by atoms with E-state index < -0.39 is 36.5 Å². The zero-order valence-corrected chi connectivity index (χ0v) is 36.4. The Morgan fingerprint density at radius 3 is 1.98 bits per heavy atom. The lowest BCUT2D eigenvalue weighted by Crippen LogP contribution is -2.55. The van der Waals surface area contributed by atoms with Crippen molar-refractivity contribution in [3.63, 3.8) is 0 Å². The van der Waals surface area contributed by atoms with Gasteiger partial charge in [-0.2, -0.15) is 0 Å². The molecular formula is C46H55N7O9. The van der Waals surface area contributed by atoms with Gasteiger partial charge in [0, 0.05) is 48.3 Å². The Bertz CT molecular complexity index is 2520. The van der Waals surface area contributed by atoms with Crippen LogP contribution >= 0.6 is 0 Å². The first-order valence-electron chi connectivity index (χ1n) is 21.1. The monoisotopic (exact) mass is 849 g/mol. The van der Waals surface area contributed by atoms with E-state index in [-0.39, 0.29) is 36.0 Å². The molecule has 4 amide bonds. The highest BCUT2D eigenvalue weighted by Crippen LogP contribution is 2.44. The number of benzene rings is 3. The maximum Gasteiger partial charge on any atom is 0.407 e. The number of hydrogen-bond acceptors (Lipinski definition) is 10. The van der Waals surface area contributed by atoms with Crippen molar-refractivity contribution in [2.24, 2.45) is 0 Å². The molecule has 0 unspecified atom stereocenters. The van der Waals surface area contributed by atoms with E-state index in [1.807, 2.05) is 18.7 Å². The quantitative estimate of drug-likeness (QED) is 0.109. The molecule has 5 aromatic rings. The number of likely N-dealkylation sites (tertiary alicyclic amines) is 2. The van der Waals surface area contributed by atoms with E-state index in [0.717, 1.165) is 80.3 Å². The summed E-state index contributed by atoms with van der Waals surface area (Å²) in [6, 6.07) is 14.4. The van der Waals surface area contributed by atoms with Gasteiger partial charge in [-0.15, -0.1) is 0 Å². The molecule has 4 N–H and O–H groups in total. The lowest BCUT2D eigenvalue weighted by molar-refractivity contribution is -0.140. The first-order valence-corrected chi connectivity index (χ1v) is 21.1. The normalized spacial score (nSPS) is 21.4. The van der Waals surface area contributed by atoms with E-state index in [2.05, 4.69) is 69.1 Å². The van der Waals surface area contributed by atoms with Gasteiger partial charge < -0.3 is 54.1 Å². The largest absolute Gasteiger partial charge is 0.488 e. The molecule has 8 atom stereocenters. The van der Waals surface area contributed by atoms with Crippen LogP contribution in [0.2, 0.25) is 0 Å². The van der Waals surface area contributed by atoms with Gasteiger partial charge in [-0.25, -0.2) is 14.6 Å². The van der Waals surface area contributed by atoms with Crippen LogP contribution in [-0.4, -0.2) is 114 Å². The predicted octanol–water partition coefficient (Wildman–Crippen LogP) is 6.89. The van der Waals surface area contributed by atoms with Crippen LogP contribution in [0, 0.1) is 0 Å². The van der Waals surface area contributed by atoms with Crippen molar-refractivity contribution in [3.05, 3.63) is 71.8 Å². The molecule has 3 aromatic carbocycles. The van der Waals surface area contributed by atoms with Crippen LogP contribution in [0.1, 0.15) is 82.5 Å². The summed E-state index contributed by atoms with van der Waals surface area (Å²) >= 11 is 0. The fourth-order valence-corrected chi connectivity index (χ4v) is 9.45. The molecule has 16 heteroatoms. The number of nitrogens with zero attached hydrogens (tertiary/aromatic N) is 3. The summed E-state index contributed by atoms with van der Waals surface area (Å²) in [5, 5.41) is 8.41. The maximum atomic E-state index is 14.1.